The SMILES string of the molecule is CN(CC1(C)COC1)C1=CC=CNN1. The molecule has 0 aliphatic carbocycles. The fraction of sp³-hybridized carbons (Fsp3) is 0.600. The van der Waals surface area contributed by atoms with Gasteiger partial charge in [-0.15, -0.1) is 0 Å². The van der Waals surface area contributed by atoms with E-state index < -0.39 is 0 Å². The number of hydrogen-bond acceptors (Lipinski definition) is 4. The molecule has 0 bridgehead atoms. The van der Waals surface area contributed by atoms with Crippen molar-refractivity contribution in [2.24, 2.45) is 5.41 Å². The quantitative estimate of drug-likeness (QED) is 0.684. The molecule has 78 valence electrons. The molecule has 4 heteroatoms. The van der Waals surface area contributed by atoms with Crippen molar-refractivity contribution >= 4 is 0 Å². The highest BCUT2D eigenvalue weighted by atomic mass is 16.5. The van der Waals surface area contributed by atoms with Crippen molar-refractivity contribution in [2.75, 3.05) is 26.8 Å². The smallest absolute Gasteiger partial charge is 0.120 e. The molecule has 14 heavy (non-hydrogen) atoms. The van der Waals surface area contributed by atoms with Crippen LogP contribution in [0, 0.1) is 5.41 Å². The second-order valence-corrected chi connectivity index (χ2v) is 4.34. The Labute approximate surface area is 84.6 Å². The molecular formula is C10H17N3O. The summed E-state index contributed by atoms with van der Waals surface area (Å²) in [5.41, 5.74) is 6.38. The van der Waals surface area contributed by atoms with Crippen molar-refractivity contribution in [2.45, 2.75) is 6.92 Å². The lowest BCUT2D eigenvalue weighted by Crippen LogP contribution is -2.49. The molecule has 0 saturated carbocycles. The predicted octanol–water partition coefficient (Wildman–Crippen LogP) is 0.418. The van der Waals surface area contributed by atoms with Gasteiger partial charge in [-0.25, -0.2) is 0 Å². The molecule has 2 N–H and O–H groups in total. The molecule has 0 aromatic carbocycles. The van der Waals surface area contributed by atoms with Gasteiger partial charge < -0.3 is 15.1 Å². The molecule has 2 heterocycles. The Hall–Kier alpha value is -1.16. The molecule has 0 spiro atoms. The summed E-state index contributed by atoms with van der Waals surface area (Å²) < 4.78 is 5.23. The topological polar surface area (TPSA) is 36.5 Å². The maximum Gasteiger partial charge on any atom is 0.120 e. The fourth-order valence-corrected chi connectivity index (χ4v) is 1.77. The third kappa shape index (κ3) is 1.85. The summed E-state index contributed by atoms with van der Waals surface area (Å²) in [7, 11) is 2.09. The highest BCUT2D eigenvalue weighted by Gasteiger charge is 2.34. The van der Waals surface area contributed by atoms with E-state index >= 15 is 0 Å². The summed E-state index contributed by atoms with van der Waals surface area (Å²) in [6, 6.07) is 0. The lowest BCUT2D eigenvalue weighted by Gasteiger charge is -2.42. The van der Waals surface area contributed by atoms with Gasteiger partial charge in [0.25, 0.3) is 0 Å². The molecule has 0 radical (unpaired) electrons. The molecule has 1 saturated heterocycles. The summed E-state index contributed by atoms with van der Waals surface area (Å²) in [5, 5.41) is 0. The van der Waals surface area contributed by atoms with Crippen molar-refractivity contribution in [1.29, 1.82) is 0 Å². The number of ether oxygens (including phenoxy) is 1. The summed E-state index contributed by atoms with van der Waals surface area (Å²) in [6.07, 6.45) is 5.91. The van der Waals surface area contributed by atoms with Gasteiger partial charge >= 0.3 is 0 Å². The van der Waals surface area contributed by atoms with Crippen LogP contribution in [-0.2, 0) is 4.74 Å². The third-order valence-corrected chi connectivity index (χ3v) is 2.57. The standard InChI is InChI=1S/C10H17N3O/c1-10(7-14-8-10)6-13(2)9-4-3-5-11-12-9/h3-5,11-12H,6-8H2,1-2H3. The van der Waals surface area contributed by atoms with E-state index in [1.165, 1.54) is 0 Å². The maximum atomic E-state index is 5.23. The summed E-state index contributed by atoms with van der Waals surface area (Å²) in [6.45, 7) is 5.00. The van der Waals surface area contributed by atoms with Crippen molar-refractivity contribution in [1.82, 2.24) is 15.8 Å². The van der Waals surface area contributed by atoms with Gasteiger partial charge in [-0.05, 0) is 12.2 Å². The Kier molecular flexibility index (Phi) is 2.37. The molecule has 1 fully saturated rings. The molecule has 2 aliphatic rings. The van der Waals surface area contributed by atoms with Crippen LogP contribution in [-0.4, -0.2) is 31.7 Å². The van der Waals surface area contributed by atoms with Crippen LogP contribution in [0.3, 0.4) is 0 Å². The lowest BCUT2D eigenvalue weighted by molar-refractivity contribution is -0.110. The van der Waals surface area contributed by atoms with Crippen molar-refractivity contribution in [3.8, 4) is 0 Å². The van der Waals surface area contributed by atoms with E-state index in [9.17, 15) is 0 Å². The molecule has 0 unspecified atom stereocenters. The van der Waals surface area contributed by atoms with Gasteiger partial charge in [-0.2, -0.15) is 0 Å². The average molecular weight is 195 g/mol. The van der Waals surface area contributed by atoms with Crippen LogP contribution in [0.4, 0.5) is 0 Å². The van der Waals surface area contributed by atoms with Gasteiger partial charge in [0.1, 0.15) is 5.82 Å². The van der Waals surface area contributed by atoms with Crippen LogP contribution in [0.2, 0.25) is 0 Å². The van der Waals surface area contributed by atoms with Crippen molar-refractivity contribution < 1.29 is 4.74 Å². The van der Waals surface area contributed by atoms with Gasteiger partial charge in [0, 0.05) is 25.2 Å². The van der Waals surface area contributed by atoms with Crippen molar-refractivity contribution in [3.05, 3.63) is 24.2 Å². The number of rotatable bonds is 3. The Morgan fingerprint density at radius 2 is 2.36 bits per heavy atom. The summed E-state index contributed by atoms with van der Waals surface area (Å²) in [4.78, 5) is 2.21. The van der Waals surface area contributed by atoms with Gasteiger partial charge in [0.05, 0.1) is 13.2 Å². The Morgan fingerprint density at radius 1 is 1.57 bits per heavy atom. The first-order chi connectivity index (χ1) is 6.70. The second-order valence-electron chi connectivity index (χ2n) is 4.34. The summed E-state index contributed by atoms with van der Waals surface area (Å²) >= 11 is 0. The van der Waals surface area contributed by atoms with E-state index in [0.717, 1.165) is 25.6 Å². The van der Waals surface area contributed by atoms with Gasteiger partial charge in [-0.3, -0.25) is 5.43 Å². The number of nitrogens with zero attached hydrogens (tertiary/aromatic N) is 1. The van der Waals surface area contributed by atoms with Crippen LogP contribution in [0.1, 0.15) is 6.92 Å². The minimum atomic E-state index is 0.318. The molecule has 0 atom stereocenters. The van der Waals surface area contributed by atoms with Gasteiger partial charge in [0.15, 0.2) is 0 Å². The first kappa shape index (κ1) is 9.40. The first-order valence-corrected chi connectivity index (χ1v) is 4.87. The highest BCUT2D eigenvalue weighted by molar-refractivity contribution is 5.13. The van der Waals surface area contributed by atoms with Crippen molar-refractivity contribution in [3.63, 3.8) is 0 Å². The van der Waals surface area contributed by atoms with Gasteiger partial charge in [0.2, 0.25) is 0 Å². The molecule has 4 nitrogen and oxygen atoms in total. The Bertz CT molecular complexity index is 269. The highest BCUT2D eigenvalue weighted by Crippen LogP contribution is 2.27. The fourth-order valence-electron chi connectivity index (χ4n) is 1.77. The van der Waals surface area contributed by atoms with E-state index in [1.54, 1.807) is 0 Å². The maximum absolute atomic E-state index is 5.23. The number of hydrazine groups is 1. The monoisotopic (exact) mass is 195 g/mol. The van der Waals surface area contributed by atoms with E-state index in [-0.39, 0.29) is 0 Å². The normalized spacial score (nSPS) is 22.9. The van der Waals surface area contributed by atoms with E-state index in [0.29, 0.717) is 5.41 Å². The minimum Gasteiger partial charge on any atom is -0.380 e. The predicted molar refractivity (Wildman–Crippen MR) is 55.1 cm³/mol. The average Bonchev–Trinajstić information content (AvgIpc) is 2.17. The largest absolute Gasteiger partial charge is 0.380 e. The minimum absolute atomic E-state index is 0.318. The lowest BCUT2D eigenvalue weighted by atomic mass is 9.88. The molecule has 2 aliphatic heterocycles. The van der Waals surface area contributed by atoms with E-state index in [4.69, 9.17) is 4.74 Å². The van der Waals surface area contributed by atoms with E-state index in [1.807, 2.05) is 12.3 Å². The number of allylic oxidation sites excluding steroid dienone is 2. The number of hydrogen-bond donors (Lipinski definition) is 2. The van der Waals surface area contributed by atoms with Crippen LogP contribution in [0.5, 0.6) is 0 Å². The zero-order chi connectivity index (χ0) is 10.0. The first-order valence-electron chi connectivity index (χ1n) is 4.87. The van der Waals surface area contributed by atoms with Crippen LogP contribution in [0.15, 0.2) is 24.2 Å². The third-order valence-electron chi connectivity index (χ3n) is 2.57. The van der Waals surface area contributed by atoms with Crippen LogP contribution < -0.4 is 10.9 Å². The van der Waals surface area contributed by atoms with Crippen LogP contribution >= 0.6 is 0 Å². The zero-order valence-corrected chi connectivity index (χ0v) is 8.71. The summed E-state index contributed by atoms with van der Waals surface area (Å²) in [5.74, 6) is 1.10. The molecule has 0 aromatic heterocycles. The molecule has 0 aromatic rings. The van der Waals surface area contributed by atoms with Gasteiger partial charge in [-0.1, -0.05) is 6.92 Å². The molecular weight excluding hydrogens is 178 g/mol. The Balaban J connectivity index is 1.91. The Morgan fingerprint density at radius 3 is 2.86 bits per heavy atom. The second kappa shape index (κ2) is 3.53. The van der Waals surface area contributed by atoms with Crippen LogP contribution in [0.25, 0.3) is 0 Å². The molecule has 2 rings (SSSR count). The van der Waals surface area contributed by atoms with E-state index in [2.05, 4.69) is 35.8 Å². The molecule has 0 amide bonds. The zero-order valence-electron chi connectivity index (χ0n) is 8.71. The number of nitrogens with one attached hydrogen (secondary N) is 2.